The topological polar surface area (TPSA) is 113 Å². The monoisotopic (exact) mass is 258 g/mol. The molecule has 0 aliphatic rings. The van der Waals surface area contributed by atoms with Crippen molar-refractivity contribution in [2.75, 3.05) is 13.2 Å². The van der Waals surface area contributed by atoms with Crippen LogP contribution in [0.3, 0.4) is 0 Å². The summed E-state index contributed by atoms with van der Waals surface area (Å²) >= 11 is 0. The van der Waals surface area contributed by atoms with Crippen molar-refractivity contribution >= 4 is 53.3 Å². The molecule has 0 bridgehead atoms. The molecule has 8 heteroatoms. The van der Waals surface area contributed by atoms with Gasteiger partial charge in [-0.1, -0.05) is 0 Å². The van der Waals surface area contributed by atoms with Crippen LogP contribution in [0.25, 0.3) is 0 Å². The molecule has 62 valence electrons. The van der Waals surface area contributed by atoms with E-state index in [4.69, 9.17) is 10.2 Å². The molecular formula is C3H7O6PSr. The summed E-state index contributed by atoms with van der Waals surface area (Å²) in [6, 6.07) is 0. The molecule has 0 aromatic carbocycles. The summed E-state index contributed by atoms with van der Waals surface area (Å²) in [6.07, 6.45) is -1.32. The largest absolute Gasteiger partial charge is 2.00 e. The zero-order chi connectivity index (χ0) is 8.20. The van der Waals surface area contributed by atoms with Crippen LogP contribution in [-0.4, -0.2) is 75.0 Å². The van der Waals surface area contributed by atoms with Gasteiger partial charge in [0.25, 0.3) is 0 Å². The van der Waals surface area contributed by atoms with Gasteiger partial charge in [0.05, 0.1) is 21.0 Å². The Bertz CT molecular complexity index is 134. The minimum Gasteiger partial charge on any atom is -0.790 e. The van der Waals surface area contributed by atoms with Gasteiger partial charge in [0.15, 0.2) is 0 Å². The van der Waals surface area contributed by atoms with Crippen LogP contribution in [0.2, 0.25) is 0 Å². The van der Waals surface area contributed by atoms with Crippen LogP contribution in [0.5, 0.6) is 0 Å². The summed E-state index contributed by atoms with van der Waals surface area (Å²) in [5.41, 5.74) is 0. The van der Waals surface area contributed by atoms with Crippen LogP contribution in [0, 0.1) is 0 Å². The van der Waals surface area contributed by atoms with Crippen molar-refractivity contribution in [2.24, 2.45) is 0 Å². The van der Waals surface area contributed by atoms with E-state index in [0.29, 0.717) is 0 Å². The van der Waals surface area contributed by atoms with Crippen LogP contribution in [-0.2, 0) is 9.09 Å². The Balaban J connectivity index is 0. The Morgan fingerprint density at radius 1 is 1.55 bits per heavy atom. The average molecular weight is 258 g/mol. The van der Waals surface area contributed by atoms with E-state index in [1.807, 2.05) is 0 Å². The van der Waals surface area contributed by atoms with Crippen molar-refractivity contribution in [2.45, 2.75) is 6.10 Å². The fourth-order valence-electron chi connectivity index (χ4n) is 0.230. The van der Waals surface area contributed by atoms with Crippen molar-refractivity contribution in [3.8, 4) is 0 Å². The summed E-state index contributed by atoms with van der Waals surface area (Å²) in [5.74, 6) is 0. The van der Waals surface area contributed by atoms with E-state index in [9.17, 15) is 14.4 Å². The first kappa shape index (κ1) is 15.0. The Labute approximate surface area is 101 Å². The molecule has 0 aliphatic carbocycles. The van der Waals surface area contributed by atoms with Crippen molar-refractivity contribution in [1.82, 2.24) is 0 Å². The third-order valence-corrected chi connectivity index (χ3v) is 1.10. The molecule has 0 radical (unpaired) electrons. The zero-order valence-electron chi connectivity index (χ0n) is 5.67. The smallest absolute Gasteiger partial charge is 0.790 e. The van der Waals surface area contributed by atoms with Gasteiger partial charge in [0.1, 0.15) is 6.10 Å². The van der Waals surface area contributed by atoms with Crippen LogP contribution in [0.15, 0.2) is 0 Å². The maximum absolute atomic E-state index is 9.71. The van der Waals surface area contributed by atoms with Gasteiger partial charge in [-0.15, -0.1) is 0 Å². The van der Waals surface area contributed by atoms with E-state index in [0.717, 1.165) is 0 Å². The van der Waals surface area contributed by atoms with E-state index in [1.165, 1.54) is 0 Å². The second kappa shape index (κ2) is 6.97. The molecule has 0 saturated carbocycles. The number of rotatable bonds is 4. The normalized spacial score (nSPS) is 13.8. The first-order chi connectivity index (χ1) is 4.45. The molecule has 11 heavy (non-hydrogen) atoms. The van der Waals surface area contributed by atoms with Crippen LogP contribution in [0.1, 0.15) is 0 Å². The summed E-state index contributed by atoms with van der Waals surface area (Å²) in [4.78, 5) is 19.4. The van der Waals surface area contributed by atoms with Gasteiger partial charge in [-0.3, -0.25) is 0 Å². The van der Waals surface area contributed by atoms with Gasteiger partial charge < -0.3 is 29.1 Å². The van der Waals surface area contributed by atoms with Gasteiger partial charge in [-0.05, 0) is 0 Å². The molecule has 2 N–H and O–H groups in total. The molecule has 0 aromatic rings. The predicted octanol–water partition coefficient (Wildman–Crippen LogP) is -3.20. The molecule has 0 aliphatic heterocycles. The maximum Gasteiger partial charge on any atom is 2.00 e. The van der Waals surface area contributed by atoms with Gasteiger partial charge in [0.2, 0.25) is 0 Å². The minimum atomic E-state index is -5.00. The van der Waals surface area contributed by atoms with E-state index in [2.05, 4.69) is 4.52 Å². The quantitative estimate of drug-likeness (QED) is 0.405. The number of aliphatic hydroxyl groups excluding tert-OH is 2. The molecule has 1 unspecified atom stereocenters. The van der Waals surface area contributed by atoms with E-state index in [1.54, 1.807) is 0 Å². The summed E-state index contributed by atoms with van der Waals surface area (Å²) in [7, 11) is -5.00. The molecule has 0 heterocycles. The molecule has 0 aromatic heterocycles. The number of hydrogen-bond donors (Lipinski definition) is 2. The molecule has 0 fully saturated rings. The standard InChI is InChI=1S/C3H9O6P.Sr/c4-1-3(5)2-9-10(6,7)8;/h3-5H,1-2H2,(H2,6,7,8);/q;+2/p-2. The van der Waals surface area contributed by atoms with Crippen LogP contribution >= 0.6 is 7.82 Å². The summed E-state index contributed by atoms with van der Waals surface area (Å²) < 4.78 is 13.3. The van der Waals surface area contributed by atoms with Crippen molar-refractivity contribution < 1.29 is 29.1 Å². The Kier molecular flexibility index (Phi) is 9.50. The SMILES string of the molecule is O=P([O-])([O-])OCC(O)CO.[Sr+2]. The summed E-state index contributed by atoms with van der Waals surface area (Å²) in [6.45, 7) is -1.33. The van der Waals surface area contributed by atoms with E-state index < -0.39 is 27.1 Å². The fraction of sp³-hybridized carbons (Fsp3) is 1.00. The van der Waals surface area contributed by atoms with Crippen molar-refractivity contribution in [3.05, 3.63) is 0 Å². The first-order valence-electron chi connectivity index (χ1n) is 2.41. The molecule has 0 rings (SSSR count). The second-order valence-electron chi connectivity index (χ2n) is 1.58. The molecule has 1 atom stereocenters. The van der Waals surface area contributed by atoms with E-state index >= 15 is 0 Å². The molecule has 0 saturated heterocycles. The van der Waals surface area contributed by atoms with Crippen LogP contribution in [0.4, 0.5) is 0 Å². The van der Waals surface area contributed by atoms with Crippen LogP contribution < -0.4 is 9.79 Å². The van der Waals surface area contributed by atoms with Crippen molar-refractivity contribution in [3.63, 3.8) is 0 Å². The van der Waals surface area contributed by atoms with E-state index in [-0.39, 0.29) is 45.5 Å². The Morgan fingerprint density at radius 3 is 2.27 bits per heavy atom. The molecule has 6 nitrogen and oxygen atoms in total. The Hall–Kier alpha value is 1.51. The first-order valence-corrected chi connectivity index (χ1v) is 3.87. The summed E-state index contributed by atoms with van der Waals surface area (Å²) in [5, 5.41) is 16.6. The predicted molar refractivity (Wildman–Crippen MR) is 32.4 cm³/mol. The number of hydrogen-bond acceptors (Lipinski definition) is 6. The van der Waals surface area contributed by atoms with Gasteiger partial charge in [-0.2, -0.15) is 0 Å². The maximum atomic E-state index is 9.71. The molecular weight excluding hydrogens is 251 g/mol. The third-order valence-electron chi connectivity index (χ3n) is 0.636. The van der Waals surface area contributed by atoms with Gasteiger partial charge >= 0.3 is 45.5 Å². The Morgan fingerprint density at radius 2 is 2.00 bits per heavy atom. The average Bonchev–Trinajstić information content (AvgIpc) is 1.81. The minimum absolute atomic E-state index is 0. The van der Waals surface area contributed by atoms with Gasteiger partial charge in [-0.25, -0.2) is 0 Å². The second-order valence-corrected chi connectivity index (χ2v) is 2.73. The zero-order valence-corrected chi connectivity index (χ0v) is 10.0. The molecule has 0 amide bonds. The number of phosphoric acid groups is 1. The van der Waals surface area contributed by atoms with Crippen molar-refractivity contribution in [1.29, 1.82) is 0 Å². The third kappa shape index (κ3) is 11.5. The number of aliphatic hydroxyl groups is 2. The number of phosphoric ester groups is 1. The van der Waals surface area contributed by atoms with Gasteiger partial charge in [0, 0.05) is 0 Å². The fourth-order valence-corrected chi connectivity index (χ4v) is 0.585. The molecule has 0 spiro atoms.